The summed E-state index contributed by atoms with van der Waals surface area (Å²) in [4.78, 5) is 4.38. The van der Waals surface area contributed by atoms with Gasteiger partial charge in [0.25, 0.3) is 0 Å². The summed E-state index contributed by atoms with van der Waals surface area (Å²) in [5.74, 6) is 2.35. The van der Waals surface area contributed by atoms with Crippen LogP contribution in [-0.2, 0) is 0 Å². The lowest BCUT2D eigenvalue weighted by molar-refractivity contribution is -0.0190. The Morgan fingerprint density at radius 1 is 1.11 bits per heavy atom. The Kier molecular flexibility index (Phi) is 3.86. The van der Waals surface area contributed by atoms with Gasteiger partial charge in [0, 0.05) is 12.4 Å². The van der Waals surface area contributed by atoms with Crippen LogP contribution in [0, 0.1) is 28.6 Å². The molecule has 0 unspecified atom stereocenters. The van der Waals surface area contributed by atoms with E-state index in [1.54, 1.807) is 11.1 Å². The normalized spacial score (nSPS) is 42.0. The fourth-order valence-corrected chi connectivity index (χ4v) is 7.19. The first-order valence-corrected chi connectivity index (χ1v) is 10.6. The zero-order chi connectivity index (χ0) is 18.6. The quantitative estimate of drug-likeness (QED) is 0.502. The van der Waals surface area contributed by atoms with Crippen LogP contribution in [-0.4, -0.2) is 15.9 Å². The fourth-order valence-electron chi connectivity index (χ4n) is 7.19. The average Bonchev–Trinajstić information content (AvgIpc) is 3.05. The summed E-state index contributed by atoms with van der Waals surface area (Å²) in [5, 5.41) is 12.7. The molecule has 142 valence electrons. The van der Waals surface area contributed by atoms with Crippen molar-refractivity contribution in [3.8, 4) is 0 Å². The Balaban J connectivity index is 1.47. The number of fused-ring (bicyclic) bond motifs is 5. The van der Waals surface area contributed by atoms with Gasteiger partial charge in [-0.25, -0.2) is 0 Å². The van der Waals surface area contributed by atoms with Gasteiger partial charge in [-0.1, -0.05) is 36.7 Å². The number of nitrogens with zero attached hydrogens (tertiary/aromatic N) is 2. The molecule has 27 heavy (non-hydrogen) atoms. The minimum absolute atomic E-state index is 0.300. The molecule has 2 fully saturated rings. The molecule has 2 saturated carbocycles. The molecule has 0 spiro atoms. The molecule has 3 nitrogen and oxygen atoms in total. The first-order valence-electron chi connectivity index (χ1n) is 10.6. The Hall–Kier alpha value is -1.90. The monoisotopic (exact) mass is 362 g/mol. The van der Waals surface area contributed by atoms with Gasteiger partial charge in [0.2, 0.25) is 0 Å². The number of pyridine rings is 1. The standard InChI is InChI=1S/C24H30N2O/c1-23-11-9-18(26-27)14-17(23)5-6-19-21-8-7-20(16-4-3-13-25-15-16)24(21,2)12-10-22(19)23/h3-4,7,13-15,19,21-22,27H,5-6,8-12H2,1-2H3/t19-,21+,22+,23+,24-/m1/s1. The Bertz CT molecular complexity index is 839. The molecule has 4 aliphatic rings. The molecule has 1 aromatic rings. The van der Waals surface area contributed by atoms with Crippen LogP contribution < -0.4 is 0 Å². The van der Waals surface area contributed by atoms with Gasteiger partial charge in [0.05, 0.1) is 5.71 Å². The third kappa shape index (κ3) is 2.40. The van der Waals surface area contributed by atoms with Crippen LogP contribution in [0.25, 0.3) is 5.57 Å². The van der Waals surface area contributed by atoms with Crippen molar-refractivity contribution in [2.75, 3.05) is 0 Å². The third-order valence-corrected chi connectivity index (χ3v) is 8.66. The summed E-state index contributed by atoms with van der Waals surface area (Å²) in [6.45, 7) is 5.02. The highest BCUT2D eigenvalue weighted by molar-refractivity contribution is 5.96. The molecule has 0 aliphatic heterocycles. The minimum Gasteiger partial charge on any atom is -0.411 e. The summed E-state index contributed by atoms with van der Waals surface area (Å²) < 4.78 is 0. The van der Waals surface area contributed by atoms with E-state index < -0.39 is 0 Å². The average molecular weight is 363 g/mol. The maximum Gasteiger partial charge on any atom is 0.0795 e. The largest absolute Gasteiger partial charge is 0.411 e. The zero-order valence-corrected chi connectivity index (χ0v) is 16.5. The van der Waals surface area contributed by atoms with Gasteiger partial charge in [-0.3, -0.25) is 4.98 Å². The topological polar surface area (TPSA) is 45.5 Å². The van der Waals surface area contributed by atoms with E-state index in [-0.39, 0.29) is 0 Å². The van der Waals surface area contributed by atoms with Crippen molar-refractivity contribution in [2.24, 2.45) is 33.7 Å². The van der Waals surface area contributed by atoms with Crippen molar-refractivity contribution >= 4 is 11.3 Å². The predicted molar refractivity (Wildman–Crippen MR) is 109 cm³/mol. The Morgan fingerprint density at radius 3 is 2.78 bits per heavy atom. The minimum atomic E-state index is 0.300. The van der Waals surface area contributed by atoms with Gasteiger partial charge >= 0.3 is 0 Å². The van der Waals surface area contributed by atoms with Gasteiger partial charge in [-0.05, 0) is 96.8 Å². The maximum atomic E-state index is 9.22. The second-order valence-electron chi connectivity index (χ2n) is 9.65. The van der Waals surface area contributed by atoms with Crippen molar-refractivity contribution in [3.63, 3.8) is 0 Å². The summed E-state index contributed by atoms with van der Waals surface area (Å²) in [6.07, 6.45) is 17.0. The highest BCUT2D eigenvalue weighted by Gasteiger charge is 2.57. The van der Waals surface area contributed by atoms with E-state index in [0.717, 1.165) is 36.3 Å². The van der Waals surface area contributed by atoms with E-state index in [9.17, 15) is 5.21 Å². The van der Waals surface area contributed by atoms with Crippen molar-refractivity contribution < 1.29 is 5.21 Å². The summed E-state index contributed by atoms with van der Waals surface area (Å²) >= 11 is 0. The second kappa shape index (κ2) is 6.05. The number of rotatable bonds is 1. The fraction of sp³-hybridized carbons (Fsp3) is 0.583. The molecule has 0 bridgehead atoms. The summed E-state index contributed by atoms with van der Waals surface area (Å²) in [7, 11) is 0. The molecule has 1 aromatic heterocycles. The number of aromatic nitrogens is 1. The highest BCUT2D eigenvalue weighted by Crippen LogP contribution is 2.66. The predicted octanol–water partition coefficient (Wildman–Crippen LogP) is 5.87. The molecule has 0 aromatic carbocycles. The van der Waals surface area contributed by atoms with Gasteiger partial charge in [0.15, 0.2) is 0 Å². The molecular formula is C24H30N2O. The van der Waals surface area contributed by atoms with Crippen LogP contribution in [0.4, 0.5) is 0 Å². The lowest BCUT2D eigenvalue weighted by atomic mass is 9.46. The van der Waals surface area contributed by atoms with Crippen molar-refractivity contribution in [1.82, 2.24) is 4.98 Å². The van der Waals surface area contributed by atoms with E-state index in [2.05, 4.69) is 48.3 Å². The van der Waals surface area contributed by atoms with E-state index in [4.69, 9.17) is 0 Å². The van der Waals surface area contributed by atoms with Gasteiger partial charge in [-0.2, -0.15) is 0 Å². The van der Waals surface area contributed by atoms with Crippen LogP contribution in [0.3, 0.4) is 0 Å². The van der Waals surface area contributed by atoms with Gasteiger partial charge < -0.3 is 5.21 Å². The van der Waals surface area contributed by atoms with E-state index in [1.165, 1.54) is 37.7 Å². The molecule has 0 saturated heterocycles. The van der Waals surface area contributed by atoms with Crippen molar-refractivity contribution in [1.29, 1.82) is 0 Å². The van der Waals surface area contributed by atoms with Crippen LogP contribution in [0.2, 0.25) is 0 Å². The first-order chi connectivity index (χ1) is 13.1. The SMILES string of the molecule is C[C@]12CCC(=NO)C=C1CC[C@H]1[C@@H]2CC[C@]2(C)C(c3cccnc3)=CC[C@@H]12. The first kappa shape index (κ1) is 17.2. The summed E-state index contributed by atoms with van der Waals surface area (Å²) in [6, 6.07) is 4.30. The number of allylic oxidation sites excluding steroid dienone is 4. The van der Waals surface area contributed by atoms with Gasteiger partial charge in [0.1, 0.15) is 0 Å². The Labute approximate surface area is 162 Å². The van der Waals surface area contributed by atoms with E-state index in [1.807, 2.05) is 12.4 Å². The number of oxime groups is 1. The van der Waals surface area contributed by atoms with Crippen LogP contribution in [0.15, 0.2) is 47.4 Å². The summed E-state index contributed by atoms with van der Waals surface area (Å²) in [5.41, 5.74) is 5.89. The smallest absolute Gasteiger partial charge is 0.0795 e. The number of hydrogen-bond donors (Lipinski definition) is 1. The third-order valence-electron chi connectivity index (χ3n) is 8.66. The van der Waals surface area contributed by atoms with Gasteiger partial charge in [-0.15, -0.1) is 0 Å². The molecule has 0 amide bonds. The van der Waals surface area contributed by atoms with Crippen molar-refractivity contribution in [2.45, 2.75) is 58.8 Å². The lowest BCUT2D eigenvalue weighted by Crippen LogP contribution is -2.49. The Morgan fingerprint density at radius 2 is 2.00 bits per heavy atom. The molecule has 1 N–H and O–H groups in total. The van der Waals surface area contributed by atoms with E-state index >= 15 is 0 Å². The molecule has 5 rings (SSSR count). The molecule has 5 atom stereocenters. The molecule has 3 heteroatoms. The molecule has 0 radical (unpaired) electrons. The molecule has 1 heterocycles. The van der Waals surface area contributed by atoms with Crippen LogP contribution in [0.5, 0.6) is 0 Å². The lowest BCUT2D eigenvalue weighted by Gasteiger charge is -2.58. The maximum absolute atomic E-state index is 9.22. The number of hydrogen-bond acceptors (Lipinski definition) is 3. The molecule has 4 aliphatic carbocycles. The molecular weight excluding hydrogens is 332 g/mol. The van der Waals surface area contributed by atoms with Crippen LogP contribution >= 0.6 is 0 Å². The highest BCUT2D eigenvalue weighted by atomic mass is 16.4. The van der Waals surface area contributed by atoms with E-state index in [0.29, 0.717) is 10.8 Å². The van der Waals surface area contributed by atoms with Crippen LogP contribution in [0.1, 0.15) is 64.4 Å². The van der Waals surface area contributed by atoms with Crippen molar-refractivity contribution in [3.05, 3.63) is 47.8 Å². The second-order valence-corrected chi connectivity index (χ2v) is 9.65. The zero-order valence-electron chi connectivity index (χ0n) is 16.5.